The van der Waals surface area contributed by atoms with Gasteiger partial charge in [0.25, 0.3) is 0 Å². The predicted octanol–water partition coefficient (Wildman–Crippen LogP) is 2.75. The van der Waals surface area contributed by atoms with Crippen LogP contribution in [0.25, 0.3) is 0 Å². The topological polar surface area (TPSA) is 40.5 Å². The molecule has 1 saturated heterocycles. The summed E-state index contributed by atoms with van der Waals surface area (Å²) in [6.45, 7) is 2.54. The van der Waals surface area contributed by atoms with Crippen molar-refractivity contribution < 1.29 is 9.90 Å². The summed E-state index contributed by atoms with van der Waals surface area (Å²) in [6, 6.07) is 7.77. The van der Waals surface area contributed by atoms with Gasteiger partial charge in [-0.2, -0.15) is 0 Å². The minimum atomic E-state index is -0.455. The van der Waals surface area contributed by atoms with Crippen LogP contribution >= 0.6 is 15.9 Å². The number of piperidine rings is 1. The number of rotatable bonds is 3. The summed E-state index contributed by atoms with van der Waals surface area (Å²) in [5, 5.41) is 9.81. The maximum Gasteiger partial charge on any atom is 0.227 e. The third-order valence-corrected chi connectivity index (χ3v) is 4.50. The van der Waals surface area contributed by atoms with Crippen LogP contribution in [-0.4, -0.2) is 34.6 Å². The van der Waals surface area contributed by atoms with E-state index in [0.717, 1.165) is 35.8 Å². The normalized spacial score (nSPS) is 21.2. The van der Waals surface area contributed by atoms with Crippen LogP contribution in [0.5, 0.6) is 0 Å². The predicted molar refractivity (Wildman–Crippen MR) is 78.9 cm³/mol. The fourth-order valence-electron chi connectivity index (χ4n) is 2.67. The zero-order valence-electron chi connectivity index (χ0n) is 11.2. The fourth-order valence-corrected chi connectivity index (χ4v) is 3.10. The van der Waals surface area contributed by atoms with Gasteiger partial charge >= 0.3 is 0 Å². The molecule has 0 spiro atoms. The first-order chi connectivity index (χ1) is 9.09. The summed E-state index contributed by atoms with van der Waals surface area (Å²) < 4.78 is 0.967. The number of likely N-dealkylation sites (tertiary alicyclic amines) is 1. The van der Waals surface area contributed by atoms with Crippen LogP contribution in [0, 0.1) is 0 Å². The Morgan fingerprint density at radius 3 is 2.89 bits per heavy atom. The summed E-state index contributed by atoms with van der Waals surface area (Å²) in [5.41, 5.74) is 1.00. The Labute approximate surface area is 122 Å². The maximum absolute atomic E-state index is 12.4. The highest BCUT2D eigenvalue weighted by atomic mass is 79.9. The number of aliphatic hydroxyl groups is 1. The van der Waals surface area contributed by atoms with E-state index in [1.54, 1.807) is 6.92 Å². The van der Waals surface area contributed by atoms with Crippen molar-refractivity contribution in [2.75, 3.05) is 6.54 Å². The van der Waals surface area contributed by atoms with Crippen molar-refractivity contribution in [3.05, 3.63) is 34.3 Å². The molecule has 1 aliphatic rings. The molecule has 1 aliphatic heterocycles. The molecule has 2 rings (SSSR count). The van der Waals surface area contributed by atoms with E-state index < -0.39 is 6.10 Å². The van der Waals surface area contributed by atoms with Gasteiger partial charge in [-0.3, -0.25) is 4.79 Å². The van der Waals surface area contributed by atoms with Crippen LogP contribution < -0.4 is 0 Å². The Balaban J connectivity index is 2.08. The number of halogens is 1. The van der Waals surface area contributed by atoms with Gasteiger partial charge in [0, 0.05) is 11.0 Å². The fraction of sp³-hybridized carbons (Fsp3) is 0.533. The third-order valence-electron chi connectivity index (χ3n) is 3.73. The number of hydrogen-bond donors (Lipinski definition) is 1. The first kappa shape index (κ1) is 14.5. The monoisotopic (exact) mass is 325 g/mol. The van der Waals surface area contributed by atoms with Crippen molar-refractivity contribution >= 4 is 21.8 Å². The minimum absolute atomic E-state index is 0.0243. The number of hydrogen-bond acceptors (Lipinski definition) is 2. The van der Waals surface area contributed by atoms with Crippen molar-refractivity contribution in [2.24, 2.45) is 0 Å². The van der Waals surface area contributed by atoms with E-state index in [4.69, 9.17) is 0 Å². The molecule has 19 heavy (non-hydrogen) atoms. The lowest BCUT2D eigenvalue weighted by molar-refractivity contribution is -0.136. The first-order valence-electron chi connectivity index (χ1n) is 6.80. The molecule has 1 fully saturated rings. The van der Waals surface area contributed by atoms with E-state index in [9.17, 15) is 9.90 Å². The highest BCUT2D eigenvalue weighted by molar-refractivity contribution is 9.10. The Morgan fingerprint density at radius 1 is 1.47 bits per heavy atom. The Bertz CT molecular complexity index is 448. The van der Waals surface area contributed by atoms with Gasteiger partial charge in [-0.25, -0.2) is 0 Å². The van der Waals surface area contributed by atoms with Crippen LogP contribution in [0.3, 0.4) is 0 Å². The lowest BCUT2D eigenvalue weighted by atomic mass is 9.97. The number of nitrogens with zero attached hydrogens (tertiary/aromatic N) is 1. The standard InChI is InChI=1S/C15H20BrNO2/c1-11(18)14-8-4-5-9-17(14)15(19)10-12-6-2-3-7-13(12)16/h2-3,6-7,11,14,18H,4-5,8-10H2,1H3. The summed E-state index contributed by atoms with van der Waals surface area (Å²) >= 11 is 3.47. The van der Waals surface area contributed by atoms with Gasteiger partial charge in [-0.05, 0) is 37.8 Å². The molecule has 1 amide bonds. The van der Waals surface area contributed by atoms with Crippen LogP contribution in [0.1, 0.15) is 31.7 Å². The molecule has 1 aromatic rings. The zero-order valence-corrected chi connectivity index (χ0v) is 12.8. The van der Waals surface area contributed by atoms with E-state index >= 15 is 0 Å². The van der Waals surface area contributed by atoms with Crippen LogP contribution in [0.4, 0.5) is 0 Å². The smallest absolute Gasteiger partial charge is 0.227 e. The molecule has 1 aromatic carbocycles. The van der Waals surface area contributed by atoms with Crippen molar-refractivity contribution in [2.45, 2.75) is 44.8 Å². The van der Waals surface area contributed by atoms with Gasteiger partial charge in [0.2, 0.25) is 5.91 Å². The van der Waals surface area contributed by atoms with Gasteiger partial charge in [0.15, 0.2) is 0 Å². The van der Waals surface area contributed by atoms with E-state index in [1.807, 2.05) is 29.2 Å². The van der Waals surface area contributed by atoms with Gasteiger partial charge in [-0.15, -0.1) is 0 Å². The van der Waals surface area contributed by atoms with E-state index in [2.05, 4.69) is 15.9 Å². The summed E-state index contributed by atoms with van der Waals surface area (Å²) in [5.74, 6) is 0.109. The molecule has 2 unspecified atom stereocenters. The highest BCUT2D eigenvalue weighted by Gasteiger charge is 2.29. The van der Waals surface area contributed by atoms with Gasteiger partial charge in [0.1, 0.15) is 0 Å². The number of carbonyl (C=O) groups excluding carboxylic acids is 1. The minimum Gasteiger partial charge on any atom is -0.391 e. The number of benzene rings is 1. The number of amides is 1. The van der Waals surface area contributed by atoms with Crippen LogP contribution in [-0.2, 0) is 11.2 Å². The molecule has 1 heterocycles. The molecule has 1 N–H and O–H groups in total. The Kier molecular flexibility index (Phi) is 4.99. The lowest BCUT2D eigenvalue weighted by Gasteiger charge is -2.37. The average Bonchev–Trinajstić information content (AvgIpc) is 2.41. The zero-order chi connectivity index (χ0) is 13.8. The maximum atomic E-state index is 12.4. The first-order valence-corrected chi connectivity index (χ1v) is 7.60. The summed E-state index contributed by atoms with van der Waals surface area (Å²) in [6.07, 6.45) is 2.96. The van der Waals surface area contributed by atoms with E-state index in [0.29, 0.717) is 6.42 Å². The van der Waals surface area contributed by atoms with Crippen LogP contribution in [0.15, 0.2) is 28.7 Å². The molecular weight excluding hydrogens is 306 g/mol. The van der Waals surface area contributed by atoms with Crippen LogP contribution in [0.2, 0.25) is 0 Å². The molecule has 104 valence electrons. The van der Waals surface area contributed by atoms with Crippen molar-refractivity contribution in [1.29, 1.82) is 0 Å². The quantitative estimate of drug-likeness (QED) is 0.928. The largest absolute Gasteiger partial charge is 0.391 e. The summed E-state index contributed by atoms with van der Waals surface area (Å²) in [7, 11) is 0. The highest BCUT2D eigenvalue weighted by Crippen LogP contribution is 2.23. The van der Waals surface area contributed by atoms with Gasteiger partial charge in [0.05, 0.1) is 18.6 Å². The average molecular weight is 326 g/mol. The molecular formula is C15H20BrNO2. The van der Waals surface area contributed by atoms with Gasteiger partial charge in [-0.1, -0.05) is 34.1 Å². The lowest BCUT2D eigenvalue weighted by Crippen LogP contribution is -2.49. The molecule has 0 bridgehead atoms. The molecule has 2 atom stereocenters. The molecule has 0 radical (unpaired) electrons. The summed E-state index contributed by atoms with van der Waals surface area (Å²) in [4.78, 5) is 14.3. The second-order valence-electron chi connectivity index (χ2n) is 5.16. The van der Waals surface area contributed by atoms with Crippen molar-refractivity contribution in [3.63, 3.8) is 0 Å². The SMILES string of the molecule is CC(O)C1CCCCN1C(=O)Cc1ccccc1Br. The number of aliphatic hydroxyl groups excluding tert-OH is 1. The van der Waals surface area contributed by atoms with Gasteiger partial charge < -0.3 is 10.0 Å². The Morgan fingerprint density at radius 2 is 2.21 bits per heavy atom. The van der Waals surface area contributed by atoms with Crippen molar-refractivity contribution in [1.82, 2.24) is 4.90 Å². The van der Waals surface area contributed by atoms with Crippen molar-refractivity contribution in [3.8, 4) is 0 Å². The van der Waals surface area contributed by atoms with E-state index in [1.165, 1.54) is 0 Å². The second-order valence-corrected chi connectivity index (χ2v) is 6.01. The molecule has 0 saturated carbocycles. The molecule has 0 aliphatic carbocycles. The molecule has 4 heteroatoms. The number of carbonyl (C=O) groups is 1. The molecule has 0 aromatic heterocycles. The van der Waals surface area contributed by atoms with E-state index in [-0.39, 0.29) is 11.9 Å². The second kappa shape index (κ2) is 6.53. The Hall–Kier alpha value is -0.870. The molecule has 3 nitrogen and oxygen atoms in total. The third kappa shape index (κ3) is 3.57.